The minimum absolute atomic E-state index is 0.0241. The predicted molar refractivity (Wildman–Crippen MR) is 87.6 cm³/mol. The Hall–Kier alpha value is -2.06. The average molecular weight is 352 g/mol. The Morgan fingerprint density at radius 2 is 1.87 bits per heavy atom. The van der Waals surface area contributed by atoms with Crippen LogP contribution in [0.2, 0.25) is 0 Å². The fraction of sp³-hybridized carbons (Fsp3) is 0.133. The first-order valence-corrected chi connectivity index (χ1v) is 9.11. The van der Waals surface area contributed by atoms with Gasteiger partial charge in [0.25, 0.3) is 10.0 Å². The third-order valence-electron chi connectivity index (χ3n) is 3.29. The Morgan fingerprint density at radius 3 is 2.57 bits per heavy atom. The highest BCUT2D eigenvalue weighted by Crippen LogP contribution is 2.36. The van der Waals surface area contributed by atoms with E-state index in [0.29, 0.717) is 5.69 Å². The molecule has 0 radical (unpaired) electrons. The molecule has 0 bridgehead atoms. The maximum Gasteiger partial charge on any atom is 0.261 e. The Kier molecular flexibility index (Phi) is 4.03. The van der Waals surface area contributed by atoms with Gasteiger partial charge in [0, 0.05) is 10.6 Å². The predicted octanol–water partition coefficient (Wildman–Crippen LogP) is 3.06. The van der Waals surface area contributed by atoms with Crippen molar-refractivity contribution in [1.29, 1.82) is 0 Å². The summed E-state index contributed by atoms with van der Waals surface area (Å²) >= 11 is 1.38. The van der Waals surface area contributed by atoms with E-state index < -0.39 is 15.8 Å². The molecular weight excluding hydrogens is 339 g/mol. The van der Waals surface area contributed by atoms with Gasteiger partial charge in [-0.2, -0.15) is 0 Å². The quantitative estimate of drug-likeness (QED) is 0.890. The van der Waals surface area contributed by atoms with Crippen molar-refractivity contribution >= 4 is 39.1 Å². The molecule has 1 heterocycles. The van der Waals surface area contributed by atoms with Crippen molar-refractivity contribution in [3.8, 4) is 0 Å². The first-order valence-electron chi connectivity index (χ1n) is 6.75. The summed E-state index contributed by atoms with van der Waals surface area (Å²) in [6, 6.07) is 9.57. The molecule has 23 heavy (non-hydrogen) atoms. The van der Waals surface area contributed by atoms with Crippen LogP contribution in [0, 0.1) is 5.82 Å². The minimum atomic E-state index is -3.82. The molecule has 5 nitrogen and oxygen atoms in total. The average Bonchev–Trinajstić information content (AvgIpc) is 2.50. The number of hydrogen-bond donors (Lipinski definition) is 2. The van der Waals surface area contributed by atoms with Crippen LogP contribution < -0.4 is 10.0 Å². The van der Waals surface area contributed by atoms with Gasteiger partial charge in [-0.15, -0.1) is 11.8 Å². The van der Waals surface area contributed by atoms with Crippen molar-refractivity contribution in [1.82, 2.24) is 0 Å². The van der Waals surface area contributed by atoms with Gasteiger partial charge < -0.3 is 5.32 Å². The molecule has 0 saturated heterocycles. The maximum atomic E-state index is 12.9. The maximum absolute atomic E-state index is 12.9. The smallest absolute Gasteiger partial charge is 0.261 e. The molecular formula is C15H13FN2O3S2. The van der Waals surface area contributed by atoms with Crippen LogP contribution in [0.4, 0.5) is 15.8 Å². The number of rotatable bonds is 3. The lowest BCUT2D eigenvalue weighted by atomic mass is 10.3. The number of thioether (sulfide) groups is 1. The van der Waals surface area contributed by atoms with Gasteiger partial charge in [-0.3, -0.25) is 9.52 Å². The lowest BCUT2D eigenvalue weighted by Crippen LogP contribution is -2.26. The van der Waals surface area contributed by atoms with E-state index in [0.717, 1.165) is 4.90 Å². The highest BCUT2D eigenvalue weighted by atomic mass is 32.2. The second-order valence-corrected chi connectivity index (χ2v) is 8.08. The summed E-state index contributed by atoms with van der Waals surface area (Å²) in [5, 5.41) is 2.47. The molecule has 8 heteroatoms. The number of carbonyl (C=O) groups excluding carboxylic acids is 1. The number of carbonyl (C=O) groups is 1. The number of amides is 1. The van der Waals surface area contributed by atoms with Crippen molar-refractivity contribution < 1.29 is 17.6 Å². The van der Waals surface area contributed by atoms with Crippen LogP contribution in [0.15, 0.2) is 52.3 Å². The molecule has 2 aromatic carbocycles. The number of hydrogen-bond acceptors (Lipinski definition) is 4. The summed E-state index contributed by atoms with van der Waals surface area (Å²) in [4.78, 5) is 12.5. The molecule has 120 valence electrons. The van der Waals surface area contributed by atoms with Crippen LogP contribution in [0.5, 0.6) is 0 Å². The zero-order valence-corrected chi connectivity index (χ0v) is 13.7. The number of sulfonamides is 1. The van der Waals surface area contributed by atoms with Crippen LogP contribution in [-0.4, -0.2) is 19.6 Å². The van der Waals surface area contributed by atoms with Crippen LogP contribution in [0.25, 0.3) is 0 Å². The van der Waals surface area contributed by atoms with Gasteiger partial charge in [0.05, 0.1) is 15.8 Å². The highest BCUT2D eigenvalue weighted by molar-refractivity contribution is 8.01. The van der Waals surface area contributed by atoms with E-state index in [1.807, 2.05) is 0 Å². The monoisotopic (exact) mass is 352 g/mol. The van der Waals surface area contributed by atoms with E-state index in [2.05, 4.69) is 10.0 Å². The first-order chi connectivity index (χ1) is 10.8. The largest absolute Gasteiger partial charge is 0.324 e. The summed E-state index contributed by atoms with van der Waals surface area (Å²) < 4.78 is 40.0. The normalized spacial score (nSPS) is 17.3. The number of anilines is 2. The lowest BCUT2D eigenvalue weighted by molar-refractivity contribution is -0.115. The number of fused-ring (bicyclic) bond motifs is 1. The SMILES string of the molecule is C[C@@H]1Sc2ccc(S(=O)(=O)Nc3ccc(F)cc3)cc2NC1=O. The molecule has 0 spiro atoms. The zero-order valence-electron chi connectivity index (χ0n) is 12.0. The van der Waals surface area contributed by atoms with Crippen molar-refractivity contribution in [2.45, 2.75) is 22.0 Å². The Morgan fingerprint density at radius 1 is 1.17 bits per heavy atom. The van der Waals surface area contributed by atoms with Gasteiger partial charge in [-0.05, 0) is 49.4 Å². The summed E-state index contributed by atoms with van der Waals surface area (Å²) in [7, 11) is -3.82. The molecule has 2 N–H and O–H groups in total. The number of nitrogens with one attached hydrogen (secondary N) is 2. The second kappa shape index (κ2) is 5.86. The van der Waals surface area contributed by atoms with Gasteiger partial charge in [0.15, 0.2) is 0 Å². The second-order valence-electron chi connectivity index (χ2n) is 5.02. The van der Waals surface area contributed by atoms with Crippen LogP contribution in [0.1, 0.15) is 6.92 Å². The van der Waals surface area contributed by atoms with E-state index in [4.69, 9.17) is 0 Å². The Bertz CT molecular complexity index is 867. The van der Waals surface area contributed by atoms with E-state index >= 15 is 0 Å². The van der Waals surface area contributed by atoms with E-state index in [1.165, 1.54) is 48.2 Å². The highest BCUT2D eigenvalue weighted by Gasteiger charge is 2.25. The molecule has 0 unspecified atom stereocenters. The molecule has 0 aliphatic carbocycles. The van der Waals surface area contributed by atoms with Crippen molar-refractivity contribution in [3.05, 3.63) is 48.3 Å². The molecule has 3 rings (SSSR count). The third kappa shape index (κ3) is 3.32. The van der Waals surface area contributed by atoms with Crippen LogP contribution in [-0.2, 0) is 14.8 Å². The molecule has 1 aliphatic rings. The van der Waals surface area contributed by atoms with Gasteiger partial charge in [-0.25, -0.2) is 12.8 Å². The standard InChI is InChI=1S/C15H13FN2O3S2/c1-9-15(19)17-13-8-12(6-7-14(13)22-9)23(20,21)18-11-4-2-10(16)3-5-11/h2-9,18H,1H3,(H,17,19)/t9-/m0/s1. The van der Waals surface area contributed by atoms with E-state index in [1.54, 1.807) is 13.0 Å². The van der Waals surface area contributed by atoms with Gasteiger partial charge in [0.2, 0.25) is 5.91 Å². The molecule has 1 atom stereocenters. The third-order valence-corrected chi connectivity index (χ3v) is 5.85. The molecule has 0 saturated carbocycles. The summed E-state index contributed by atoms with van der Waals surface area (Å²) in [6.07, 6.45) is 0. The number of halogens is 1. The van der Waals surface area contributed by atoms with E-state index in [9.17, 15) is 17.6 Å². The van der Waals surface area contributed by atoms with Crippen LogP contribution >= 0.6 is 11.8 Å². The molecule has 0 fully saturated rings. The fourth-order valence-electron chi connectivity index (χ4n) is 2.09. The lowest BCUT2D eigenvalue weighted by Gasteiger charge is -2.21. The van der Waals surface area contributed by atoms with Gasteiger partial charge in [0.1, 0.15) is 5.82 Å². The van der Waals surface area contributed by atoms with Crippen LogP contribution in [0.3, 0.4) is 0 Å². The molecule has 2 aromatic rings. The summed E-state index contributed by atoms with van der Waals surface area (Å²) in [5.41, 5.74) is 0.733. The van der Waals surface area contributed by atoms with E-state index in [-0.39, 0.29) is 21.7 Å². The Balaban J connectivity index is 1.90. The van der Waals surface area contributed by atoms with Gasteiger partial charge in [-0.1, -0.05) is 0 Å². The summed E-state index contributed by atoms with van der Waals surface area (Å²) in [6.45, 7) is 1.78. The van der Waals surface area contributed by atoms with Crippen molar-refractivity contribution in [2.75, 3.05) is 10.0 Å². The zero-order chi connectivity index (χ0) is 16.6. The first kappa shape index (κ1) is 15.8. The van der Waals surface area contributed by atoms with Crippen molar-refractivity contribution in [2.24, 2.45) is 0 Å². The van der Waals surface area contributed by atoms with Gasteiger partial charge >= 0.3 is 0 Å². The Labute approximate surface area is 137 Å². The molecule has 1 aliphatic heterocycles. The topological polar surface area (TPSA) is 75.3 Å². The fourth-order valence-corrected chi connectivity index (χ4v) is 4.10. The summed E-state index contributed by atoms with van der Waals surface area (Å²) in [5.74, 6) is -0.612. The molecule has 0 aromatic heterocycles. The number of benzene rings is 2. The minimum Gasteiger partial charge on any atom is -0.324 e. The van der Waals surface area contributed by atoms with Crippen molar-refractivity contribution in [3.63, 3.8) is 0 Å². The molecule has 1 amide bonds.